The summed E-state index contributed by atoms with van der Waals surface area (Å²) in [5, 5.41) is 1.000. The van der Waals surface area contributed by atoms with Crippen molar-refractivity contribution in [3.8, 4) is 5.75 Å². The second kappa shape index (κ2) is 7.67. The molecule has 132 valence electrons. The lowest BCUT2D eigenvalue weighted by Crippen LogP contribution is -2.44. The summed E-state index contributed by atoms with van der Waals surface area (Å²) >= 11 is 6.20. The van der Waals surface area contributed by atoms with Gasteiger partial charge in [0.25, 0.3) is 11.8 Å². The summed E-state index contributed by atoms with van der Waals surface area (Å²) in [5.41, 5.74) is 3.29. The first kappa shape index (κ1) is 18.1. The van der Waals surface area contributed by atoms with Gasteiger partial charge in [0, 0.05) is 0 Å². The number of thiocarbonyl (C=S) groups is 1. The minimum Gasteiger partial charge on any atom is -0.496 e. The standard InChI is InChI=1S/C18H13FN2O3S2/c1-24-14-8-3-2-7-13(14)16(22)20-21-17(23)15(26-18(21)25)10-11-5-4-6-12(19)9-11/h2-10H,1H3,(H,20,22)/b15-10-. The van der Waals surface area contributed by atoms with E-state index >= 15 is 0 Å². The minimum atomic E-state index is -0.522. The molecule has 2 amide bonds. The number of benzene rings is 2. The Morgan fingerprint density at radius 3 is 2.77 bits per heavy atom. The Hall–Kier alpha value is -2.71. The second-order valence-corrected chi connectivity index (χ2v) is 6.89. The Balaban J connectivity index is 1.80. The molecule has 5 nitrogen and oxygen atoms in total. The number of thioether (sulfide) groups is 1. The average Bonchev–Trinajstić information content (AvgIpc) is 2.89. The number of ether oxygens (including phenoxy) is 1. The zero-order chi connectivity index (χ0) is 18.7. The maximum absolute atomic E-state index is 13.3. The lowest BCUT2D eigenvalue weighted by atomic mass is 10.2. The summed E-state index contributed by atoms with van der Waals surface area (Å²) in [6, 6.07) is 12.5. The molecule has 0 unspecified atom stereocenters. The third-order valence-corrected chi connectivity index (χ3v) is 4.81. The zero-order valence-corrected chi connectivity index (χ0v) is 15.2. The van der Waals surface area contributed by atoms with Crippen LogP contribution in [0.3, 0.4) is 0 Å². The molecule has 0 bridgehead atoms. The Labute approximate surface area is 158 Å². The van der Waals surface area contributed by atoms with Crippen LogP contribution in [0.15, 0.2) is 53.4 Å². The summed E-state index contributed by atoms with van der Waals surface area (Å²) < 4.78 is 18.6. The Morgan fingerprint density at radius 2 is 2.04 bits per heavy atom. The van der Waals surface area contributed by atoms with Gasteiger partial charge in [0.05, 0.1) is 17.6 Å². The number of halogens is 1. The van der Waals surface area contributed by atoms with E-state index in [4.69, 9.17) is 17.0 Å². The molecule has 2 aromatic carbocycles. The molecule has 8 heteroatoms. The van der Waals surface area contributed by atoms with Crippen LogP contribution in [0.2, 0.25) is 0 Å². The van der Waals surface area contributed by atoms with Gasteiger partial charge in [-0.25, -0.2) is 4.39 Å². The van der Waals surface area contributed by atoms with Gasteiger partial charge in [-0.15, -0.1) is 0 Å². The van der Waals surface area contributed by atoms with Crippen LogP contribution in [0.4, 0.5) is 4.39 Å². The van der Waals surface area contributed by atoms with Gasteiger partial charge in [0.1, 0.15) is 11.6 Å². The van der Waals surface area contributed by atoms with Crippen LogP contribution in [0.25, 0.3) is 6.08 Å². The quantitative estimate of drug-likeness (QED) is 0.643. The van der Waals surface area contributed by atoms with Crippen molar-refractivity contribution in [2.45, 2.75) is 0 Å². The molecule has 0 aromatic heterocycles. The van der Waals surface area contributed by atoms with Crippen LogP contribution in [-0.4, -0.2) is 28.3 Å². The van der Waals surface area contributed by atoms with E-state index in [2.05, 4.69) is 5.43 Å². The van der Waals surface area contributed by atoms with Crippen LogP contribution < -0.4 is 10.2 Å². The first-order valence-corrected chi connectivity index (χ1v) is 8.69. The molecular weight excluding hydrogens is 375 g/mol. The van der Waals surface area contributed by atoms with Crippen LogP contribution in [0.5, 0.6) is 5.75 Å². The fraction of sp³-hybridized carbons (Fsp3) is 0.0556. The van der Waals surface area contributed by atoms with Gasteiger partial charge in [-0.3, -0.25) is 15.0 Å². The number of nitrogens with zero attached hydrogens (tertiary/aromatic N) is 1. The molecule has 0 radical (unpaired) electrons. The van der Waals surface area contributed by atoms with E-state index in [1.807, 2.05) is 0 Å². The Morgan fingerprint density at radius 1 is 1.27 bits per heavy atom. The second-order valence-electron chi connectivity index (χ2n) is 5.21. The van der Waals surface area contributed by atoms with E-state index < -0.39 is 17.6 Å². The highest BCUT2D eigenvalue weighted by molar-refractivity contribution is 8.26. The van der Waals surface area contributed by atoms with Crippen molar-refractivity contribution in [1.29, 1.82) is 0 Å². The molecule has 1 N–H and O–H groups in total. The number of hydrazine groups is 1. The highest BCUT2D eigenvalue weighted by Crippen LogP contribution is 2.31. The van der Waals surface area contributed by atoms with Crippen molar-refractivity contribution in [1.82, 2.24) is 10.4 Å². The minimum absolute atomic E-state index is 0.181. The molecular formula is C18H13FN2O3S2. The third-order valence-electron chi connectivity index (χ3n) is 3.51. The molecule has 1 aliphatic rings. The van der Waals surface area contributed by atoms with E-state index in [9.17, 15) is 14.0 Å². The fourth-order valence-corrected chi connectivity index (χ4v) is 3.49. The van der Waals surface area contributed by atoms with E-state index in [0.717, 1.165) is 16.8 Å². The van der Waals surface area contributed by atoms with Gasteiger partial charge in [-0.1, -0.05) is 36.0 Å². The SMILES string of the molecule is COc1ccccc1C(=O)NN1C(=O)/C(=C/c2cccc(F)c2)SC1=S. The maximum atomic E-state index is 13.3. The summed E-state index contributed by atoms with van der Waals surface area (Å²) in [4.78, 5) is 25.3. The van der Waals surface area contributed by atoms with Crippen LogP contribution >= 0.6 is 24.0 Å². The molecule has 3 rings (SSSR count). The zero-order valence-electron chi connectivity index (χ0n) is 13.6. The number of rotatable bonds is 4. The van der Waals surface area contributed by atoms with Crippen LogP contribution in [0, 0.1) is 5.82 Å². The van der Waals surface area contributed by atoms with Crippen molar-refractivity contribution >= 4 is 46.2 Å². The van der Waals surface area contributed by atoms with Crippen molar-refractivity contribution < 1.29 is 18.7 Å². The molecule has 0 saturated carbocycles. The highest BCUT2D eigenvalue weighted by atomic mass is 32.2. The first-order chi connectivity index (χ1) is 12.5. The van der Waals surface area contributed by atoms with Gasteiger partial charge in [0.2, 0.25) is 0 Å². The largest absolute Gasteiger partial charge is 0.496 e. The summed E-state index contributed by atoms with van der Waals surface area (Å²) in [5.74, 6) is -1.03. The Bertz CT molecular complexity index is 930. The smallest absolute Gasteiger partial charge is 0.285 e. The molecule has 1 heterocycles. The number of hydrogen-bond acceptors (Lipinski definition) is 5. The normalized spacial score (nSPS) is 15.5. The van der Waals surface area contributed by atoms with Crippen molar-refractivity contribution in [2.75, 3.05) is 7.11 Å². The van der Waals surface area contributed by atoms with Gasteiger partial charge in [0.15, 0.2) is 4.32 Å². The monoisotopic (exact) mass is 388 g/mol. The van der Waals surface area contributed by atoms with Crippen molar-refractivity contribution in [3.63, 3.8) is 0 Å². The first-order valence-electron chi connectivity index (χ1n) is 7.47. The lowest BCUT2D eigenvalue weighted by molar-refractivity contribution is -0.123. The number of para-hydroxylation sites is 1. The molecule has 26 heavy (non-hydrogen) atoms. The van der Waals surface area contributed by atoms with E-state index in [0.29, 0.717) is 16.2 Å². The van der Waals surface area contributed by atoms with Gasteiger partial charge in [-0.05, 0) is 48.1 Å². The molecule has 1 fully saturated rings. The van der Waals surface area contributed by atoms with Gasteiger partial charge < -0.3 is 4.74 Å². The van der Waals surface area contributed by atoms with Gasteiger partial charge in [-0.2, -0.15) is 5.01 Å². The summed E-state index contributed by atoms with van der Waals surface area (Å²) in [6.07, 6.45) is 1.53. The van der Waals surface area contributed by atoms with Crippen LogP contribution in [-0.2, 0) is 4.79 Å². The average molecular weight is 388 g/mol. The molecule has 0 atom stereocenters. The summed E-state index contributed by atoms with van der Waals surface area (Å²) in [6.45, 7) is 0. The van der Waals surface area contributed by atoms with Gasteiger partial charge >= 0.3 is 0 Å². The number of carbonyl (C=O) groups excluding carboxylic acids is 2. The van der Waals surface area contributed by atoms with E-state index in [1.54, 1.807) is 36.4 Å². The lowest BCUT2D eigenvalue weighted by Gasteiger charge is -2.16. The summed E-state index contributed by atoms with van der Waals surface area (Å²) in [7, 11) is 1.45. The predicted molar refractivity (Wildman–Crippen MR) is 102 cm³/mol. The maximum Gasteiger partial charge on any atom is 0.285 e. The molecule has 1 saturated heterocycles. The number of nitrogens with one attached hydrogen (secondary N) is 1. The number of amides is 2. The highest BCUT2D eigenvalue weighted by Gasteiger charge is 2.34. The number of methoxy groups -OCH3 is 1. The van der Waals surface area contributed by atoms with E-state index in [1.165, 1.54) is 25.3 Å². The van der Waals surface area contributed by atoms with Crippen molar-refractivity contribution in [3.05, 3.63) is 70.4 Å². The predicted octanol–water partition coefficient (Wildman–Crippen LogP) is 3.38. The fourth-order valence-electron chi connectivity index (χ4n) is 2.31. The van der Waals surface area contributed by atoms with E-state index in [-0.39, 0.29) is 9.88 Å². The topological polar surface area (TPSA) is 58.6 Å². The number of hydrogen-bond donors (Lipinski definition) is 1. The molecule has 1 aliphatic heterocycles. The molecule has 0 spiro atoms. The number of carbonyl (C=O) groups is 2. The third kappa shape index (κ3) is 3.76. The molecule has 0 aliphatic carbocycles. The van der Waals surface area contributed by atoms with Crippen LogP contribution in [0.1, 0.15) is 15.9 Å². The Kier molecular flexibility index (Phi) is 5.34. The molecule has 2 aromatic rings. The van der Waals surface area contributed by atoms with Crippen molar-refractivity contribution in [2.24, 2.45) is 0 Å².